The maximum atomic E-state index is 12.9. The first kappa shape index (κ1) is 25.2. The molecule has 0 spiro atoms. The summed E-state index contributed by atoms with van der Waals surface area (Å²) in [7, 11) is 3.13. The van der Waals surface area contributed by atoms with E-state index in [1.807, 2.05) is 12.1 Å². The minimum absolute atomic E-state index is 0.220. The molecule has 2 heterocycles. The van der Waals surface area contributed by atoms with E-state index >= 15 is 0 Å². The lowest BCUT2D eigenvalue weighted by Gasteiger charge is -2.18. The van der Waals surface area contributed by atoms with Crippen molar-refractivity contribution in [2.75, 3.05) is 44.5 Å². The van der Waals surface area contributed by atoms with Crippen molar-refractivity contribution in [2.24, 2.45) is 0 Å². The third kappa shape index (κ3) is 6.22. The van der Waals surface area contributed by atoms with Crippen molar-refractivity contribution in [1.29, 1.82) is 0 Å². The lowest BCUT2D eigenvalue weighted by atomic mass is 10.0. The van der Waals surface area contributed by atoms with Gasteiger partial charge in [-0.05, 0) is 54.3 Å². The van der Waals surface area contributed by atoms with Gasteiger partial charge in [0.25, 0.3) is 6.43 Å². The second kappa shape index (κ2) is 11.2. The number of methoxy groups -OCH3 is 2. The van der Waals surface area contributed by atoms with Gasteiger partial charge in [-0.1, -0.05) is 23.2 Å². The summed E-state index contributed by atoms with van der Waals surface area (Å²) in [5.41, 5.74) is 3.42. The van der Waals surface area contributed by atoms with Gasteiger partial charge in [0.15, 0.2) is 5.82 Å². The Morgan fingerprint density at radius 3 is 2.34 bits per heavy atom. The zero-order valence-electron chi connectivity index (χ0n) is 19.2. The fourth-order valence-electron chi connectivity index (χ4n) is 3.99. The van der Waals surface area contributed by atoms with E-state index in [1.165, 1.54) is 6.20 Å². The highest BCUT2D eigenvalue weighted by atomic mass is 35.5. The number of alkyl halides is 2. The number of nitrogens with zero attached hydrogens (tertiary/aromatic N) is 3. The largest absolute Gasteiger partial charge is 0.495 e. The predicted octanol–water partition coefficient (Wildman–Crippen LogP) is 5.95. The molecule has 0 aliphatic carbocycles. The van der Waals surface area contributed by atoms with Crippen LogP contribution >= 0.6 is 23.2 Å². The average Bonchev–Trinajstić information content (AvgIpc) is 3.02. The van der Waals surface area contributed by atoms with Crippen molar-refractivity contribution >= 4 is 46.3 Å². The molecule has 11 heteroatoms. The van der Waals surface area contributed by atoms with Crippen LogP contribution in [-0.2, 0) is 12.8 Å². The van der Waals surface area contributed by atoms with E-state index < -0.39 is 6.43 Å². The van der Waals surface area contributed by atoms with Crippen molar-refractivity contribution < 1.29 is 18.3 Å². The molecule has 35 heavy (non-hydrogen) atoms. The maximum Gasteiger partial charge on any atom is 0.251 e. The van der Waals surface area contributed by atoms with E-state index in [2.05, 4.69) is 20.6 Å². The molecule has 2 aromatic carbocycles. The lowest BCUT2D eigenvalue weighted by Crippen LogP contribution is -2.31. The van der Waals surface area contributed by atoms with Crippen molar-refractivity contribution in [3.63, 3.8) is 0 Å². The second-order valence-corrected chi connectivity index (χ2v) is 8.84. The molecule has 1 aliphatic rings. The average molecular weight is 524 g/mol. The first-order valence-corrected chi connectivity index (χ1v) is 11.7. The summed E-state index contributed by atoms with van der Waals surface area (Å²) in [6, 6.07) is 9.07. The molecule has 0 amide bonds. The molecule has 3 aromatic rings. The van der Waals surface area contributed by atoms with Crippen LogP contribution in [0.15, 0.2) is 36.5 Å². The Balaban J connectivity index is 1.58. The summed E-state index contributed by atoms with van der Waals surface area (Å²) < 4.78 is 36.7. The van der Waals surface area contributed by atoms with E-state index in [0.717, 1.165) is 11.1 Å². The number of anilines is 4. The monoisotopic (exact) mass is 523 g/mol. The zero-order valence-corrected chi connectivity index (χ0v) is 20.8. The highest BCUT2D eigenvalue weighted by Crippen LogP contribution is 2.35. The first-order valence-electron chi connectivity index (χ1n) is 11.0. The van der Waals surface area contributed by atoms with E-state index in [1.54, 1.807) is 37.3 Å². The third-order valence-electron chi connectivity index (χ3n) is 5.72. The van der Waals surface area contributed by atoms with Crippen LogP contribution in [0.5, 0.6) is 11.5 Å². The Morgan fingerprint density at radius 2 is 1.66 bits per heavy atom. The number of benzene rings is 2. The van der Waals surface area contributed by atoms with Crippen LogP contribution in [0.3, 0.4) is 0 Å². The highest BCUT2D eigenvalue weighted by molar-refractivity contribution is 6.33. The molecule has 7 nitrogen and oxygen atoms in total. The summed E-state index contributed by atoms with van der Waals surface area (Å²) >= 11 is 12.5. The number of ether oxygens (including phenoxy) is 2. The van der Waals surface area contributed by atoms with Gasteiger partial charge in [-0.3, -0.25) is 4.90 Å². The summed E-state index contributed by atoms with van der Waals surface area (Å²) in [5, 5.41) is 7.17. The maximum absolute atomic E-state index is 12.9. The molecule has 2 N–H and O–H groups in total. The standard InChI is InChI=1S/C24H25Cl2F2N5O2/c1-34-20-4-3-16(25)11-19(20)30-23-17(26)12-29-24(32-23)31-18-9-14-5-7-33(13-22(27)28)8-6-15(14)10-21(18)35-2/h3-4,9-12,22H,5-8,13H2,1-2H3,(H2,29,30,31,32). The number of hydrogen-bond acceptors (Lipinski definition) is 7. The normalized spacial score (nSPS) is 13.8. The Morgan fingerprint density at radius 1 is 0.971 bits per heavy atom. The molecule has 0 bridgehead atoms. The van der Waals surface area contributed by atoms with Gasteiger partial charge in [0.1, 0.15) is 16.5 Å². The number of hydrogen-bond donors (Lipinski definition) is 2. The fourth-order valence-corrected chi connectivity index (χ4v) is 4.30. The van der Waals surface area contributed by atoms with Crippen molar-refractivity contribution in [3.05, 3.63) is 57.7 Å². The zero-order chi connectivity index (χ0) is 24.9. The van der Waals surface area contributed by atoms with Gasteiger partial charge in [-0.25, -0.2) is 13.8 Å². The SMILES string of the molecule is COc1cc2c(cc1Nc1ncc(Cl)c(Nc3cc(Cl)ccc3OC)n1)CCN(CC(F)F)CC2. The molecule has 0 atom stereocenters. The summed E-state index contributed by atoms with van der Waals surface area (Å²) in [6.45, 7) is 0.924. The molecule has 0 radical (unpaired) electrons. The van der Waals surface area contributed by atoms with E-state index in [9.17, 15) is 8.78 Å². The smallest absolute Gasteiger partial charge is 0.251 e. The Labute approximate surface area is 212 Å². The number of nitrogens with one attached hydrogen (secondary N) is 2. The van der Waals surface area contributed by atoms with Gasteiger partial charge < -0.3 is 20.1 Å². The molecule has 0 saturated heterocycles. The highest BCUT2D eigenvalue weighted by Gasteiger charge is 2.20. The summed E-state index contributed by atoms with van der Waals surface area (Å²) in [5.74, 6) is 1.84. The van der Waals surface area contributed by atoms with E-state index in [0.29, 0.717) is 70.6 Å². The Bertz CT molecular complexity index is 1200. The van der Waals surface area contributed by atoms with Crippen LogP contribution < -0.4 is 20.1 Å². The van der Waals surface area contributed by atoms with Crippen molar-refractivity contribution in [2.45, 2.75) is 19.3 Å². The Hall–Kier alpha value is -2.88. The van der Waals surface area contributed by atoms with Crippen molar-refractivity contribution in [1.82, 2.24) is 14.9 Å². The minimum atomic E-state index is -2.35. The van der Waals surface area contributed by atoms with Crippen LogP contribution in [0.25, 0.3) is 0 Å². The molecule has 4 rings (SSSR count). The fraction of sp³-hybridized carbons (Fsp3) is 0.333. The molecule has 186 valence electrons. The number of fused-ring (bicyclic) bond motifs is 1. The number of halogens is 4. The van der Waals surface area contributed by atoms with Gasteiger partial charge in [0.2, 0.25) is 5.95 Å². The van der Waals surface area contributed by atoms with E-state index in [4.69, 9.17) is 32.7 Å². The molecular formula is C24H25Cl2F2N5O2. The molecule has 1 aromatic heterocycles. The number of aromatic nitrogens is 2. The molecule has 1 aliphatic heterocycles. The van der Waals surface area contributed by atoms with E-state index in [-0.39, 0.29) is 6.54 Å². The minimum Gasteiger partial charge on any atom is -0.495 e. The van der Waals surface area contributed by atoms with Gasteiger partial charge in [0, 0.05) is 18.1 Å². The number of rotatable bonds is 8. The van der Waals surface area contributed by atoms with Crippen LogP contribution in [0.1, 0.15) is 11.1 Å². The summed E-state index contributed by atoms with van der Waals surface area (Å²) in [4.78, 5) is 10.6. The quantitative estimate of drug-likeness (QED) is 0.377. The van der Waals surface area contributed by atoms with Crippen molar-refractivity contribution in [3.8, 4) is 11.5 Å². The summed E-state index contributed by atoms with van der Waals surface area (Å²) in [6.07, 6.45) is 0.462. The lowest BCUT2D eigenvalue weighted by molar-refractivity contribution is 0.0904. The van der Waals surface area contributed by atoms with Crippen LogP contribution in [0.2, 0.25) is 10.0 Å². The second-order valence-electron chi connectivity index (χ2n) is 8.00. The van der Waals surface area contributed by atoms with Gasteiger partial charge in [-0.15, -0.1) is 0 Å². The molecular weight excluding hydrogens is 499 g/mol. The molecule has 0 fully saturated rings. The third-order valence-corrected chi connectivity index (χ3v) is 6.23. The van der Waals surface area contributed by atoms with Gasteiger partial charge in [0.05, 0.1) is 38.3 Å². The van der Waals surface area contributed by atoms with Crippen LogP contribution in [0, 0.1) is 0 Å². The topological polar surface area (TPSA) is 71.5 Å². The first-order chi connectivity index (χ1) is 16.9. The van der Waals surface area contributed by atoms with Crippen LogP contribution in [-0.4, -0.2) is 55.1 Å². The predicted molar refractivity (Wildman–Crippen MR) is 134 cm³/mol. The molecule has 0 saturated carbocycles. The van der Waals surface area contributed by atoms with Gasteiger partial charge >= 0.3 is 0 Å². The Kier molecular flexibility index (Phi) is 8.10. The molecule has 0 unspecified atom stereocenters. The van der Waals surface area contributed by atoms with Crippen LogP contribution in [0.4, 0.5) is 31.9 Å². The van der Waals surface area contributed by atoms with Gasteiger partial charge in [-0.2, -0.15) is 4.98 Å².